The predicted molar refractivity (Wildman–Crippen MR) is 56.3 cm³/mol. The third-order valence-electron chi connectivity index (χ3n) is 2.16. The number of ether oxygens (including phenoxy) is 1. The Balaban J connectivity index is 0.000000396. The highest BCUT2D eigenvalue weighted by molar-refractivity contribution is 5.38. The van der Waals surface area contributed by atoms with Crippen molar-refractivity contribution in [2.45, 2.75) is 32.6 Å². The smallest absolute Gasteiger partial charge is 0.122 e. The Morgan fingerprint density at radius 3 is 2.31 bits per heavy atom. The van der Waals surface area contributed by atoms with Crippen LogP contribution in [0.15, 0.2) is 24.3 Å². The Hall–Kier alpha value is -0.980. The number of methoxy groups -OCH3 is 1. The monoisotopic (exact) mass is 178 g/mol. The molecular weight excluding hydrogens is 160 g/mol. The van der Waals surface area contributed by atoms with Gasteiger partial charge >= 0.3 is 0 Å². The third-order valence-corrected chi connectivity index (χ3v) is 2.16. The van der Waals surface area contributed by atoms with Crippen molar-refractivity contribution in [1.29, 1.82) is 0 Å². The predicted octanol–water partition coefficient (Wildman–Crippen LogP) is 3.60. The minimum atomic E-state index is 0.783. The van der Waals surface area contributed by atoms with Crippen LogP contribution in [0.25, 0.3) is 0 Å². The summed E-state index contributed by atoms with van der Waals surface area (Å²) in [7, 11) is 1.74. The van der Waals surface area contributed by atoms with Crippen LogP contribution in [-0.4, -0.2) is 7.11 Å². The molecule has 0 aromatic heterocycles. The number of benzene rings is 1. The fourth-order valence-electron chi connectivity index (χ4n) is 1.40. The van der Waals surface area contributed by atoms with E-state index >= 15 is 0 Å². The van der Waals surface area contributed by atoms with E-state index in [9.17, 15) is 0 Å². The summed E-state index contributed by atoms with van der Waals surface area (Å²) in [4.78, 5) is 0. The van der Waals surface area contributed by atoms with Gasteiger partial charge in [0.15, 0.2) is 0 Å². The highest BCUT2D eigenvalue weighted by atomic mass is 16.5. The van der Waals surface area contributed by atoms with Crippen molar-refractivity contribution in [2.24, 2.45) is 0 Å². The molecule has 0 amide bonds. The molecule has 0 bridgehead atoms. The number of hydrogen-bond acceptors (Lipinski definition) is 1. The van der Waals surface area contributed by atoms with Gasteiger partial charge in [-0.25, -0.2) is 0 Å². The van der Waals surface area contributed by atoms with Gasteiger partial charge in [0.25, 0.3) is 0 Å². The summed E-state index contributed by atoms with van der Waals surface area (Å²) in [5, 5.41) is 0. The molecule has 0 saturated heterocycles. The van der Waals surface area contributed by atoms with Crippen molar-refractivity contribution < 1.29 is 4.74 Å². The second-order valence-corrected chi connectivity index (χ2v) is 3.02. The summed E-state index contributed by atoms with van der Waals surface area (Å²) >= 11 is 0. The van der Waals surface area contributed by atoms with Crippen molar-refractivity contribution >= 4 is 0 Å². The van der Waals surface area contributed by atoms with Gasteiger partial charge in [0.1, 0.15) is 5.75 Å². The van der Waals surface area contributed by atoms with Crippen molar-refractivity contribution in [3.05, 3.63) is 29.8 Å². The molecule has 0 atom stereocenters. The SMILES string of the molecule is CC.COc1ccccc1C1CC1. The summed E-state index contributed by atoms with van der Waals surface area (Å²) in [6.45, 7) is 4.00. The standard InChI is InChI=1S/C10H12O.C2H6/c1-11-10-5-3-2-4-9(10)8-6-7-8;1-2/h2-5,8H,6-7H2,1H3;1-2H3. The van der Waals surface area contributed by atoms with Crippen molar-refractivity contribution in [3.8, 4) is 5.75 Å². The topological polar surface area (TPSA) is 9.23 Å². The molecule has 0 aliphatic heterocycles. The zero-order valence-electron chi connectivity index (χ0n) is 8.71. The maximum atomic E-state index is 5.25. The van der Waals surface area contributed by atoms with Crippen LogP contribution in [0.1, 0.15) is 38.2 Å². The number of rotatable bonds is 2. The van der Waals surface area contributed by atoms with Gasteiger partial charge in [-0.1, -0.05) is 32.0 Å². The van der Waals surface area contributed by atoms with Crippen LogP contribution in [0.2, 0.25) is 0 Å². The Kier molecular flexibility index (Phi) is 3.81. The maximum absolute atomic E-state index is 5.25. The third kappa shape index (κ3) is 2.48. The van der Waals surface area contributed by atoms with E-state index in [1.54, 1.807) is 7.11 Å². The highest BCUT2D eigenvalue weighted by Crippen LogP contribution is 2.43. The van der Waals surface area contributed by atoms with Crippen LogP contribution in [0.5, 0.6) is 5.75 Å². The van der Waals surface area contributed by atoms with Crippen molar-refractivity contribution in [1.82, 2.24) is 0 Å². The molecule has 72 valence electrons. The van der Waals surface area contributed by atoms with Crippen LogP contribution >= 0.6 is 0 Å². The number of para-hydroxylation sites is 1. The van der Waals surface area contributed by atoms with Crippen molar-refractivity contribution in [2.75, 3.05) is 7.11 Å². The zero-order valence-corrected chi connectivity index (χ0v) is 8.71. The van der Waals surface area contributed by atoms with Gasteiger partial charge < -0.3 is 4.74 Å². The quantitative estimate of drug-likeness (QED) is 0.672. The lowest BCUT2D eigenvalue weighted by molar-refractivity contribution is 0.410. The molecule has 1 aromatic carbocycles. The maximum Gasteiger partial charge on any atom is 0.122 e. The lowest BCUT2D eigenvalue weighted by Gasteiger charge is -2.05. The normalized spacial score (nSPS) is 14.4. The van der Waals surface area contributed by atoms with Crippen LogP contribution in [0, 0.1) is 0 Å². The lowest BCUT2D eigenvalue weighted by Crippen LogP contribution is -1.88. The molecular formula is C12H18O. The second-order valence-electron chi connectivity index (χ2n) is 3.02. The van der Waals surface area contributed by atoms with E-state index in [-0.39, 0.29) is 0 Å². The van der Waals surface area contributed by atoms with Gasteiger partial charge in [0, 0.05) is 0 Å². The molecule has 1 nitrogen and oxygen atoms in total. The Labute approximate surface area is 80.7 Å². The Morgan fingerprint density at radius 2 is 1.77 bits per heavy atom. The highest BCUT2D eigenvalue weighted by Gasteiger charge is 2.25. The molecule has 0 heterocycles. The first-order valence-electron chi connectivity index (χ1n) is 5.04. The first kappa shape index (κ1) is 10.1. The molecule has 1 aliphatic carbocycles. The van der Waals surface area contributed by atoms with E-state index in [1.165, 1.54) is 18.4 Å². The average molecular weight is 178 g/mol. The summed E-state index contributed by atoms with van der Waals surface area (Å²) in [6, 6.07) is 8.30. The van der Waals surface area contributed by atoms with Gasteiger partial charge in [-0.15, -0.1) is 0 Å². The molecule has 1 aliphatic rings. The molecule has 1 heteroatoms. The van der Waals surface area contributed by atoms with Gasteiger partial charge in [-0.2, -0.15) is 0 Å². The summed E-state index contributed by atoms with van der Waals surface area (Å²) < 4.78 is 5.25. The fourth-order valence-corrected chi connectivity index (χ4v) is 1.40. The van der Waals surface area contributed by atoms with E-state index < -0.39 is 0 Å². The van der Waals surface area contributed by atoms with Gasteiger partial charge in [-0.05, 0) is 30.4 Å². The Bertz CT molecular complexity index is 251. The first-order chi connectivity index (χ1) is 6.42. The molecule has 2 rings (SSSR count). The molecule has 0 radical (unpaired) electrons. The first-order valence-corrected chi connectivity index (χ1v) is 5.04. The summed E-state index contributed by atoms with van der Waals surface area (Å²) in [5.41, 5.74) is 1.38. The van der Waals surface area contributed by atoms with Gasteiger partial charge in [0.2, 0.25) is 0 Å². The molecule has 0 spiro atoms. The minimum Gasteiger partial charge on any atom is -0.496 e. The van der Waals surface area contributed by atoms with Crippen LogP contribution in [-0.2, 0) is 0 Å². The minimum absolute atomic E-state index is 0.783. The van der Waals surface area contributed by atoms with Crippen molar-refractivity contribution in [3.63, 3.8) is 0 Å². The van der Waals surface area contributed by atoms with Gasteiger partial charge in [-0.3, -0.25) is 0 Å². The van der Waals surface area contributed by atoms with E-state index in [4.69, 9.17) is 4.74 Å². The van der Waals surface area contributed by atoms with E-state index in [2.05, 4.69) is 12.1 Å². The molecule has 1 saturated carbocycles. The number of hydrogen-bond donors (Lipinski definition) is 0. The molecule has 1 fully saturated rings. The van der Waals surface area contributed by atoms with E-state index in [1.807, 2.05) is 26.0 Å². The van der Waals surface area contributed by atoms with Crippen LogP contribution in [0.3, 0.4) is 0 Å². The van der Waals surface area contributed by atoms with E-state index in [0.29, 0.717) is 0 Å². The molecule has 1 aromatic rings. The Morgan fingerprint density at radius 1 is 1.15 bits per heavy atom. The lowest BCUT2D eigenvalue weighted by atomic mass is 10.1. The largest absolute Gasteiger partial charge is 0.496 e. The van der Waals surface area contributed by atoms with E-state index in [0.717, 1.165) is 11.7 Å². The fraction of sp³-hybridized carbons (Fsp3) is 0.500. The molecule has 13 heavy (non-hydrogen) atoms. The van der Waals surface area contributed by atoms with Crippen LogP contribution < -0.4 is 4.74 Å². The zero-order chi connectivity index (χ0) is 9.68. The summed E-state index contributed by atoms with van der Waals surface area (Å²) in [5.74, 6) is 1.83. The molecule has 0 N–H and O–H groups in total. The second kappa shape index (κ2) is 4.90. The summed E-state index contributed by atoms with van der Waals surface area (Å²) in [6.07, 6.45) is 2.67. The van der Waals surface area contributed by atoms with Crippen LogP contribution in [0.4, 0.5) is 0 Å². The van der Waals surface area contributed by atoms with Gasteiger partial charge in [0.05, 0.1) is 7.11 Å². The average Bonchev–Trinajstić information content (AvgIpc) is 3.04. The molecule has 0 unspecified atom stereocenters.